The molecule has 1 unspecified atom stereocenters. The Morgan fingerprint density at radius 2 is 1.67 bits per heavy atom. The average molecular weight is 459 g/mol. The van der Waals surface area contributed by atoms with Crippen LogP contribution in [0.1, 0.15) is 86.5 Å². The van der Waals surface area contributed by atoms with Gasteiger partial charge in [-0.05, 0) is 72.5 Å². The van der Waals surface area contributed by atoms with E-state index in [1.807, 2.05) is 6.08 Å². The molecule has 0 aliphatic heterocycles. The normalized spacial score (nSPS) is 46.0. The Morgan fingerprint density at radius 1 is 1.00 bits per heavy atom. The molecule has 4 aliphatic carbocycles. The Labute approximate surface area is 199 Å². The van der Waals surface area contributed by atoms with Crippen LogP contribution in [0.3, 0.4) is 0 Å². The van der Waals surface area contributed by atoms with Gasteiger partial charge in [0.25, 0.3) is 0 Å². The van der Waals surface area contributed by atoms with Crippen LogP contribution in [0, 0.1) is 45.3 Å². The molecule has 0 bridgehead atoms. The fourth-order valence-corrected chi connectivity index (χ4v) is 9.62. The van der Waals surface area contributed by atoms with Gasteiger partial charge in [0, 0.05) is 17.9 Å². The molecule has 5 nitrogen and oxygen atoms in total. The Hall–Kier alpha value is -1.65. The van der Waals surface area contributed by atoms with E-state index in [1.54, 1.807) is 0 Å². The van der Waals surface area contributed by atoms with Crippen LogP contribution in [0.5, 0.6) is 0 Å². The molecule has 0 heterocycles. The van der Waals surface area contributed by atoms with Crippen molar-refractivity contribution in [2.24, 2.45) is 45.3 Å². The summed E-state index contributed by atoms with van der Waals surface area (Å²) in [6.07, 6.45) is 9.91. The number of fused-ring (bicyclic) bond motifs is 5. The zero-order chi connectivity index (χ0) is 24.4. The van der Waals surface area contributed by atoms with Crippen molar-refractivity contribution in [2.45, 2.75) is 92.6 Å². The molecule has 3 fully saturated rings. The molecule has 0 amide bonds. The van der Waals surface area contributed by atoms with Gasteiger partial charge in [-0.25, -0.2) is 4.79 Å². The third-order valence-electron chi connectivity index (χ3n) is 11.0. The largest absolute Gasteiger partial charge is 0.466 e. The van der Waals surface area contributed by atoms with Gasteiger partial charge in [0.2, 0.25) is 0 Å². The molecule has 0 aromatic rings. The number of hydrogen-bond donors (Lipinski definition) is 0. The van der Waals surface area contributed by atoms with Crippen LogP contribution in [-0.4, -0.2) is 31.4 Å². The molecule has 3 saturated carbocycles. The van der Waals surface area contributed by atoms with Crippen LogP contribution in [-0.2, 0) is 23.9 Å². The molecule has 4 aliphatic rings. The second-order valence-corrected chi connectivity index (χ2v) is 12.8. The van der Waals surface area contributed by atoms with Crippen molar-refractivity contribution in [1.29, 1.82) is 0 Å². The van der Waals surface area contributed by atoms with Gasteiger partial charge in [-0.1, -0.05) is 47.1 Å². The highest BCUT2D eigenvalue weighted by Crippen LogP contribution is 2.73. The predicted octanol–water partition coefficient (Wildman–Crippen LogP) is 5.51. The molecule has 0 spiro atoms. The summed E-state index contributed by atoms with van der Waals surface area (Å²) >= 11 is 0. The van der Waals surface area contributed by atoms with E-state index in [1.165, 1.54) is 39.7 Å². The molecule has 0 aromatic heterocycles. The predicted molar refractivity (Wildman–Crippen MR) is 126 cm³/mol. The monoisotopic (exact) mass is 458 g/mol. The first kappa shape index (κ1) is 24.5. The zero-order valence-corrected chi connectivity index (χ0v) is 21.5. The highest BCUT2D eigenvalue weighted by atomic mass is 16.5. The van der Waals surface area contributed by atoms with Gasteiger partial charge in [-0.3, -0.25) is 4.79 Å². The lowest BCUT2D eigenvalue weighted by Crippen LogP contribution is -2.67. The fraction of sp³-hybridized carbons (Fsp3) is 0.821. The third-order valence-corrected chi connectivity index (χ3v) is 11.0. The minimum absolute atomic E-state index is 0.0173. The van der Waals surface area contributed by atoms with Crippen LogP contribution >= 0.6 is 0 Å². The molecule has 184 valence electrons. The van der Waals surface area contributed by atoms with Crippen molar-refractivity contribution < 1.29 is 23.9 Å². The van der Waals surface area contributed by atoms with Crippen molar-refractivity contribution in [2.75, 3.05) is 7.11 Å². The first-order chi connectivity index (χ1) is 15.4. The number of ether oxygens (including phenoxy) is 2. The molecule has 33 heavy (non-hydrogen) atoms. The van der Waals surface area contributed by atoms with Crippen molar-refractivity contribution >= 4 is 18.2 Å². The molecule has 5 heteroatoms. The maximum atomic E-state index is 12.6. The van der Waals surface area contributed by atoms with E-state index in [-0.39, 0.29) is 22.7 Å². The molecule has 8 atom stereocenters. The highest BCUT2D eigenvalue weighted by molar-refractivity contribution is 5.93. The SMILES string of the molecule is COC(=O)C1=CC[C@@H]2[C@](C)([C@@H](OC(C)=O)CC3[C@@]2(C)CC[C@H]2C(C)(C)CCC[C@]32C)[C@H]1C=O. The molecular formula is C28H42O5. The summed E-state index contributed by atoms with van der Waals surface area (Å²) in [4.78, 5) is 37.4. The number of aldehydes is 1. The standard InChI is InChI=1S/C28H42O5/c1-17(30)33-23-15-22-26(4)13-8-12-25(2,3)20(26)11-14-27(22,5)21-10-9-18(24(31)32-7)19(16-29)28(21,23)6/h9,16,19-23H,8,10-15H2,1-7H3/t19-,20-,21-,22?,23-,26-,27-,28+/m0/s1. The van der Waals surface area contributed by atoms with E-state index in [2.05, 4.69) is 34.6 Å². The van der Waals surface area contributed by atoms with E-state index in [0.29, 0.717) is 29.2 Å². The number of allylic oxidation sites excluding steroid dienone is 1. The van der Waals surface area contributed by atoms with Crippen molar-refractivity contribution in [3.63, 3.8) is 0 Å². The molecular weight excluding hydrogens is 416 g/mol. The quantitative estimate of drug-likeness (QED) is 0.412. The molecule has 4 rings (SSSR count). The highest BCUT2D eigenvalue weighted by Gasteiger charge is 2.69. The summed E-state index contributed by atoms with van der Waals surface area (Å²) in [5.74, 6) is -0.204. The lowest BCUT2D eigenvalue weighted by molar-refractivity contribution is -0.238. The summed E-state index contributed by atoms with van der Waals surface area (Å²) in [5, 5.41) is 0. The Kier molecular flexibility index (Phi) is 5.90. The van der Waals surface area contributed by atoms with E-state index in [9.17, 15) is 14.4 Å². The summed E-state index contributed by atoms with van der Waals surface area (Å²) in [6, 6.07) is 0. The van der Waals surface area contributed by atoms with E-state index in [0.717, 1.165) is 19.1 Å². The number of carbonyl (C=O) groups is 3. The number of esters is 2. The van der Waals surface area contributed by atoms with Gasteiger partial charge in [0.15, 0.2) is 0 Å². The maximum Gasteiger partial charge on any atom is 0.334 e. The minimum atomic E-state index is -0.640. The fourth-order valence-electron chi connectivity index (χ4n) is 9.62. The number of carbonyl (C=O) groups excluding carboxylic acids is 3. The first-order valence-electron chi connectivity index (χ1n) is 12.8. The number of rotatable bonds is 3. The number of methoxy groups -OCH3 is 1. The molecule has 0 radical (unpaired) electrons. The van der Waals surface area contributed by atoms with E-state index >= 15 is 0 Å². The number of hydrogen-bond acceptors (Lipinski definition) is 5. The van der Waals surface area contributed by atoms with Crippen LogP contribution in [0.15, 0.2) is 11.6 Å². The summed E-state index contributed by atoms with van der Waals surface area (Å²) in [6.45, 7) is 13.3. The second kappa shape index (κ2) is 7.95. The Morgan fingerprint density at radius 3 is 2.27 bits per heavy atom. The lowest BCUT2D eigenvalue weighted by atomic mass is 9.34. The summed E-state index contributed by atoms with van der Waals surface area (Å²) in [5.41, 5.74) is 0.289. The van der Waals surface area contributed by atoms with Gasteiger partial charge < -0.3 is 14.3 Å². The van der Waals surface area contributed by atoms with Crippen molar-refractivity contribution in [1.82, 2.24) is 0 Å². The Bertz CT molecular complexity index is 874. The van der Waals surface area contributed by atoms with Gasteiger partial charge >= 0.3 is 11.9 Å². The topological polar surface area (TPSA) is 69.7 Å². The van der Waals surface area contributed by atoms with Gasteiger partial charge in [-0.15, -0.1) is 0 Å². The van der Waals surface area contributed by atoms with Gasteiger partial charge in [-0.2, -0.15) is 0 Å². The molecule has 0 N–H and O–H groups in total. The van der Waals surface area contributed by atoms with Crippen LogP contribution in [0.2, 0.25) is 0 Å². The smallest absolute Gasteiger partial charge is 0.334 e. The second-order valence-electron chi connectivity index (χ2n) is 12.8. The zero-order valence-electron chi connectivity index (χ0n) is 21.5. The minimum Gasteiger partial charge on any atom is -0.466 e. The van der Waals surface area contributed by atoms with Gasteiger partial charge in [0.1, 0.15) is 12.4 Å². The van der Waals surface area contributed by atoms with Crippen molar-refractivity contribution in [3.05, 3.63) is 11.6 Å². The Balaban J connectivity index is 1.86. The van der Waals surface area contributed by atoms with Crippen LogP contribution in [0.4, 0.5) is 0 Å². The van der Waals surface area contributed by atoms with Gasteiger partial charge in [0.05, 0.1) is 13.0 Å². The first-order valence-corrected chi connectivity index (χ1v) is 12.8. The summed E-state index contributed by atoms with van der Waals surface area (Å²) in [7, 11) is 1.36. The third kappa shape index (κ3) is 3.35. The average Bonchev–Trinajstić information content (AvgIpc) is 2.72. The maximum absolute atomic E-state index is 12.6. The van der Waals surface area contributed by atoms with Crippen LogP contribution < -0.4 is 0 Å². The molecule has 0 aromatic carbocycles. The van der Waals surface area contributed by atoms with Crippen LogP contribution in [0.25, 0.3) is 0 Å². The molecule has 0 saturated heterocycles. The summed E-state index contributed by atoms with van der Waals surface area (Å²) < 4.78 is 11.1. The van der Waals surface area contributed by atoms with E-state index < -0.39 is 23.4 Å². The lowest BCUT2D eigenvalue weighted by Gasteiger charge is -2.70. The van der Waals surface area contributed by atoms with Crippen molar-refractivity contribution in [3.8, 4) is 0 Å². The van der Waals surface area contributed by atoms with E-state index in [4.69, 9.17) is 9.47 Å².